The van der Waals surface area contributed by atoms with E-state index in [1.54, 1.807) is 0 Å². The van der Waals surface area contributed by atoms with Crippen molar-refractivity contribution in [1.82, 2.24) is 4.57 Å². The van der Waals surface area contributed by atoms with Gasteiger partial charge in [0.2, 0.25) is 0 Å². The molecule has 0 aliphatic heterocycles. The standard InChI is InChI=1S/C12H14ClN/c1-9(2)8-14-7-6-10-11(13)4-3-5-12(10)14/h3-7,9H,8H2,1-2H3. The molecule has 0 unspecified atom stereocenters. The van der Waals surface area contributed by atoms with E-state index in [-0.39, 0.29) is 0 Å². The molecule has 0 saturated carbocycles. The summed E-state index contributed by atoms with van der Waals surface area (Å²) in [6.45, 7) is 5.48. The predicted molar refractivity (Wildman–Crippen MR) is 61.8 cm³/mol. The van der Waals surface area contributed by atoms with Crippen molar-refractivity contribution in [3.05, 3.63) is 35.5 Å². The van der Waals surface area contributed by atoms with Crippen LogP contribution in [0.1, 0.15) is 13.8 Å². The second kappa shape index (κ2) is 3.66. The van der Waals surface area contributed by atoms with E-state index in [0.717, 1.165) is 17.0 Å². The molecule has 1 aromatic heterocycles. The van der Waals surface area contributed by atoms with Gasteiger partial charge in [-0.3, -0.25) is 0 Å². The van der Waals surface area contributed by atoms with Crippen LogP contribution in [0.4, 0.5) is 0 Å². The summed E-state index contributed by atoms with van der Waals surface area (Å²) in [5.41, 5.74) is 1.23. The smallest absolute Gasteiger partial charge is 0.0499 e. The summed E-state index contributed by atoms with van der Waals surface area (Å²) >= 11 is 6.09. The summed E-state index contributed by atoms with van der Waals surface area (Å²) in [6.07, 6.45) is 2.11. The maximum absolute atomic E-state index is 6.09. The minimum absolute atomic E-state index is 0.657. The Hall–Kier alpha value is -0.950. The summed E-state index contributed by atoms with van der Waals surface area (Å²) < 4.78 is 2.26. The Balaban J connectivity index is 2.52. The fraction of sp³-hybridized carbons (Fsp3) is 0.333. The van der Waals surface area contributed by atoms with Crippen LogP contribution < -0.4 is 0 Å². The van der Waals surface area contributed by atoms with E-state index in [2.05, 4.69) is 36.7 Å². The van der Waals surface area contributed by atoms with Gasteiger partial charge in [0.1, 0.15) is 0 Å². The second-order valence-corrected chi connectivity index (χ2v) is 4.44. The van der Waals surface area contributed by atoms with Crippen LogP contribution in [0.3, 0.4) is 0 Å². The Kier molecular flexibility index (Phi) is 2.51. The summed E-state index contributed by atoms with van der Waals surface area (Å²) in [5.74, 6) is 0.657. The van der Waals surface area contributed by atoms with E-state index in [1.165, 1.54) is 5.52 Å². The molecule has 74 valence electrons. The third-order valence-corrected chi connectivity index (χ3v) is 2.65. The van der Waals surface area contributed by atoms with Crippen LogP contribution >= 0.6 is 11.6 Å². The zero-order valence-electron chi connectivity index (χ0n) is 8.50. The lowest BCUT2D eigenvalue weighted by Gasteiger charge is -2.08. The molecule has 0 radical (unpaired) electrons. The summed E-state index contributed by atoms with van der Waals surface area (Å²) in [7, 11) is 0. The Morgan fingerprint density at radius 1 is 1.29 bits per heavy atom. The van der Waals surface area contributed by atoms with Gasteiger partial charge in [0.15, 0.2) is 0 Å². The second-order valence-electron chi connectivity index (χ2n) is 4.03. The SMILES string of the molecule is CC(C)Cn1ccc2c(Cl)cccc21. The highest BCUT2D eigenvalue weighted by Crippen LogP contribution is 2.24. The van der Waals surface area contributed by atoms with Crippen LogP contribution in [0, 0.1) is 5.92 Å². The highest BCUT2D eigenvalue weighted by molar-refractivity contribution is 6.35. The fourth-order valence-electron chi connectivity index (χ4n) is 1.74. The van der Waals surface area contributed by atoms with Gasteiger partial charge in [0, 0.05) is 28.7 Å². The van der Waals surface area contributed by atoms with Crippen molar-refractivity contribution in [2.75, 3.05) is 0 Å². The number of aromatic nitrogens is 1. The van der Waals surface area contributed by atoms with Gasteiger partial charge < -0.3 is 4.57 Å². The molecule has 14 heavy (non-hydrogen) atoms. The van der Waals surface area contributed by atoms with Gasteiger partial charge in [-0.2, -0.15) is 0 Å². The monoisotopic (exact) mass is 207 g/mol. The van der Waals surface area contributed by atoms with Crippen LogP contribution in [0.15, 0.2) is 30.5 Å². The lowest BCUT2D eigenvalue weighted by molar-refractivity contribution is 0.535. The molecular weight excluding hydrogens is 194 g/mol. The van der Waals surface area contributed by atoms with Crippen LogP contribution in [-0.2, 0) is 6.54 Å². The van der Waals surface area contributed by atoms with Crippen molar-refractivity contribution in [3.8, 4) is 0 Å². The lowest BCUT2D eigenvalue weighted by atomic mass is 10.2. The summed E-state index contributed by atoms with van der Waals surface area (Å²) in [5, 5.41) is 1.99. The van der Waals surface area contributed by atoms with Gasteiger partial charge in [-0.25, -0.2) is 0 Å². The molecule has 0 atom stereocenters. The van der Waals surface area contributed by atoms with E-state index in [9.17, 15) is 0 Å². The molecule has 1 heterocycles. The lowest BCUT2D eigenvalue weighted by Crippen LogP contribution is -2.02. The van der Waals surface area contributed by atoms with E-state index in [0.29, 0.717) is 5.92 Å². The zero-order chi connectivity index (χ0) is 10.1. The minimum Gasteiger partial charge on any atom is -0.347 e. The molecule has 0 amide bonds. The third kappa shape index (κ3) is 1.64. The molecule has 0 aliphatic rings. The number of halogens is 1. The fourth-order valence-corrected chi connectivity index (χ4v) is 1.97. The first kappa shape index (κ1) is 9.60. The number of hydrogen-bond acceptors (Lipinski definition) is 0. The average molecular weight is 208 g/mol. The molecule has 2 heteroatoms. The number of hydrogen-bond donors (Lipinski definition) is 0. The quantitative estimate of drug-likeness (QED) is 0.703. The van der Waals surface area contributed by atoms with Gasteiger partial charge in [-0.05, 0) is 24.1 Å². The number of benzene rings is 1. The molecule has 0 spiro atoms. The summed E-state index contributed by atoms with van der Waals surface area (Å²) in [6, 6.07) is 8.13. The van der Waals surface area contributed by atoms with Crippen molar-refractivity contribution >= 4 is 22.5 Å². The molecule has 1 nitrogen and oxygen atoms in total. The van der Waals surface area contributed by atoms with Gasteiger partial charge in [0.05, 0.1) is 0 Å². The zero-order valence-corrected chi connectivity index (χ0v) is 9.25. The molecule has 1 aromatic carbocycles. The maximum atomic E-state index is 6.09. The van der Waals surface area contributed by atoms with Gasteiger partial charge in [0.25, 0.3) is 0 Å². The van der Waals surface area contributed by atoms with Gasteiger partial charge >= 0.3 is 0 Å². The van der Waals surface area contributed by atoms with Crippen LogP contribution in [-0.4, -0.2) is 4.57 Å². The molecule has 0 saturated heterocycles. The van der Waals surface area contributed by atoms with Crippen LogP contribution in [0.5, 0.6) is 0 Å². The van der Waals surface area contributed by atoms with E-state index < -0.39 is 0 Å². The summed E-state index contributed by atoms with van der Waals surface area (Å²) in [4.78, 5) is 0. The Labute approximate surface area is 89.3 Å². The largest absolute Gasteiger partial charge is 0.347 e. The maximum Gasteiger partial charge on any atom is 0.0499 e. The first-order chi connectivity index (χ1) is 6.68. The van der Waals surface area contributed by atoms with E-state index in [4.69, 9.17) is 11.6 Å². The molecule has 0 fully saturated rings. The Bertz CT molecular complexity index is 443. The average Bonchev–Trinajstić information content (AvgIpc) is 2.49. The minimum atomic E-state index is 0.657. The molecular formula is C12H14ClN. The molecule has 2 rings (SSSR count). The van der Waals surface area contributed by atoms with Crippen LogP contribution in [0.25, 0.3) is 10.9 Å². The van der Waals surface area contributed by atoms with Crippen molar-refractivity contribution in [2.45, 2.75) is 20.4 Å². The number of fused-ring (bicyclic) bond motifs is 1. The third-order valence-electron chi connectivity index (χ3n) is 2.32. The van der Waals surface area contributed by atoms with Gasteiger partial charge in [-0.15, -0.1) is 0 Å². The Morgan fingerprint density at radius 3 is 2.79 bits per heavy atom. The first-order valence-electron chi connectivity index (χ1n) is 4.92. The number of rotatable bonds is 2. The van der Waals surface area contributed by atoms with Crippen molar-refractivity contribution in [2.24, 2.45) is 5.92 Å². The molecule has 0 aliphatic carbocycles. The highest BCUT2D eigenvalue weighted by atomic mass is 35.5. The van der Waals surface area contributed by atoms with Crippen molar-refractivity contribution in [1.29, 1.82) is 0 Å². The van der Waals surface area contributed by atoms with Crippen molar-refractivity contribution in [3.63, 3.8) is 0 Å². The number of nitrogens with zero attached hydrogens (tertiary/aromatic N) is 1. The Morgan fingerprint density at radius 2 is 2.07 bits per heavy atom. The van der Waals surface area contributed by atoms with E-state index in [1.807, 2.05) is 12.1 Å². The molecule has 0 bridgehead atoms. The van der Waals surface area contributed by atoms with E-state index >= 15 is 0 Å². The first-order valence-corrected chi connectivity index (χ1v) is 5.29. The highest BCUT2D eigenvalue weighted by Gasteiger charge is 2.04. The van der Waals surface area contributed by atoms with Crippen molar-refractivity contribution < 1.29 is 0 Å². The topological polar surface area (TPSA) is 4.93 Å². The normalized spacial score (nSPS) is 11.4. The molecule has 0 N–H and O–H groups in total. The predicted octanol–water partition coefficient (Wildman–Crippen LogP) is 3.95. The van der Waals surface area contributed by atoms with Gasteiger partial charge in [-0.1, -0.05) is 31.5 Å². The molecule has 2 aromatic rings. The van der Waals surface area contributed by atoms with Crippen LogP contribution in [0.2, 0.25) is 5.02 Å².